The van der Waals surface area contributed by atoms with E-state index in [0.29, 0.717) is 0 Å². The summed E-state index contributed by atoms with van der Waals surface area (Å²) in [5.41, 5.74) is 2.90. The Kier molecular flexibility index (Phi) is 4.25. The highest BCUT2D eigenvalue weighted by Gasteiger charge is 2.18. The predicted octanol–water partition coefficient (Wildman–Crippen LogP) is 3.97. The van der Waals surface area contributed by atoms with E-state index in [2.05, 4.69) is 59.5 Å². The van der Waals surface area contributed by atoms with Gasteiger partial charge in [0.1, 0.15) is 0 Å². The molecule has 0 spiro atoms. The van der Waals surface area contributed by atoms with E-state index >= 15 is 0 Å². The third-order valence-electron chi connectivity index (χ3n) is 3.59. The third-order valence-corrected chi connectivity index (χ3v) is 5.13. The molecule has 16 heavy (non-hydrogen) atoms. The topological polar surface area (TPSA) is 3.24 Å². The second-order valence-corrected chi connectivity index (χ2v) is 5.94. The van der Waals surface area contributed by atoms with Gasteiger partial charge in [0.2, 0.25) is 0 Å². The van der Waals surface area contributed by atoms with Crippen molar-refractivity contribution in [3.63, 3.8) is 0 Å². The summed E-state index contributed by atoms with van der Waals surface area (Å²) in [5.74, 6) is 0. The van der Waals surface area contributed by atoms with Crippen LogP contribution in [0.3, 0.4) is 0 Å². The summed E-state index contributed by atoms with van der Waals surface area (Å²) < 4.78 is 1.44. The van der Waals surface area contributed by atoms with Crippen molar-refractivity contribution in [2.75, 3.05) is 6.54 Å². The largest absolute Gasteiger partial charge is 0.296 e. The zero-order valence-corrected chi connectivity index (χ0v) is 12.3. The minimum Gasteiger partial charge on any atom is -0.296 e. The Labute approximate surface area is 112 Å². The van der Waals surface area contributed by atoms with E-state index in [1.165, 1.54) is 40.5 Å². The molecule has 1 unspecified atom stereocenters. The van der Waals surface area contributed by atoms with E-state index in [1.54, 1.807) is 0 Å². The molecule has 0 bridgehead atoms. The third kappa shape index (κ3) is 2.77. The highest BCUT2D eigenvalue weighted by Crippen LogP contribution is 2.23. The lowest BCUT2D eigenvalue weighted by atomic mass is 10.0. The number of halogens is 1. The first-order chi connectivity index (χ1) is 7.68. The average Bonchev–Trinajstić information content (AvgIpc) is 2.28. The van der Waals surface area contributed by atoms with E-state index in [9.17, 15) is 0 Å². The molecule has 1 heterocycles. The maximum Gasteiger partial charge on any atom is 0.0247 e. The summed E-state index contributed by atoms with van der Waals surface area (Å²) >= 11 is 2.48. The molecule has 2 rings (SSSR count). The van der Waals surface area contributed by atoms with E-state index in [1.807, 2.05) is 0 Å². The van der Waals surface area contributed by atoms with Crippen LogP contribution in [0.5, 0.6) is 0 Å². The Hall–Kier alpha value is -0.0900. The van der Waals surface area contributed by atoms with Crippen LogP contribution in [0.1, 0.15) is 37.3 Å². The lowest BCUT2D eigenvalue weighted by molar-refractivity contribution is 0.152. The maximum absolute atomic E-state index is 2.63. The lowest BCUT2D eigenvalue weighted by Gasteiger charge is -2.33. The number of rotatable bonds is 2. The molecular weight excluding hydrogens is 309 g/mol. The lowest BCUT2D eigenvalue weighted by Crippen LogP contribution is -2.36. The zero-order valence-electron chi connectivity index (χ0n) is 10.2. The van der Waals surface area contributed by atoms with Gasteiger partial charge in [0, 0.05) is 16.2 Å². The highest BCUT2D eigenvalue weighted by molar-refractivity contribution is 14.1. The van der Waals surface area contributed by atoms with Gasteiger partial charge in [-0.1, -0.05) is 24.6 Å². The first-order valence-corrected chi connectivity index (χ1v) is 7.24. The molecule has 88 valence electrons. The van der Waals surface area contributed by atoms with Crippen LogP contribution in [0.2, 0.25) is 0 Å². The van der Waals surface area contributed by atoms with Gasteiger partial charge in [0.25, 0.3) is 0 Å². The van der Waals surface area contributed by atoms with Crippen molar-refractivity contribution in [2.24, 2.45) is 0 Å². The van der Waals surface area contributed by atoms with Crippen LogP contribution in [-0.2, 0) is 6.54 Å². The van der Waals surface area contributed by atoms with Gasteiger partial charge in [0.05, 0.1) is 0 Å². The van der Waals surface area contributed by atoms with Gasteiger partial charge in [0.15, 0.2) is 0 Å². The quantitative estimate of drug-likeness (QED) is 0.742. The monoisotopic (exact) mass is 329 g/mol. The minimum atomic E-state index is 0.755. The van der Waals surface area contributed by atoms with Crippen LogP contribution < -0.4 is 0 Å². The van der Waals surface area contributed by atoms with E-state index in [0.717, 1.165) is 12.6 Å². The van der Waals surface area contributed by atoms with Crippen molar-refractivity contribution in [1.29, 1.82) is 0 Å². The smallest absolute Gasteiger partial charge is 0.0247 e. The van der Waals surface area contributed by atoms with Gasteiger partial charge in [-0.2, -0.15) is 0 Å². The number of hydrogen-bond acceptors (Lipinski definition) is 1. The van der Waals surface area contributed by atoms with Gasteiger partial charge in [-0.05, 0) is 67.0 Å². The number of likely N-dealkylation sites (tertiary alicyclic amines) is 1. The fraction of sp³-hybridized carbons (Fsp3) is 0.571. The Morgan fingerprint density at radius 3 is 2.94 bits per heavy atom. The molecule has 1 aliphatic rings. The van der Waals surface area contributed by atoms with Crippen molar-refractivity contribution >= 4 is 22.6 Å². The van der Waals surface area contributed by atoms with Crippen LogP contribution in [0, 0.1) is 10.5 Å². The molecule has 1 saturated heterocycles. The standard InChI is InChI=1S/C14H20IN/c1-11-6-5-8-13(14(11)15)10-16-9-4-3-7-12(16)2/h5-6,8,12H,3-4,7,9-10H2,1-2H3. The van der Waals surface area contributed by atoms with Crippen molar-refractivity contribution in [3.05, 3.63) is 32.9 Å². The molecule has 1 atom stereocenters. The number of piperidine rings is 1. The molecule has 1 nitrogen and oxygen atoms in total. The SMILES string of the molecule is Cc1cccc(CN2CCCCC2C)c1I. The highest BCUT2D eigenvalue weighted by atomic mass is 127. The summed E-state index contributed by atoms with van der Waals surface area (Å²) in [7, 11) is 0. The fourth-order valence-electron chi connectivity index (χ4n) is 2.44. The number of aryl methyl sites for hydroxylation is 1. The fourth-order valence-corrected chi connectivity index (χ4v) is 2.97. The second kappa shape index (κ2) is 5.50. The zero-order chi connectivity index (χ0) is 11.5. The molecule has 1 aromatic rings. The van der Waals surface area contributed by atoms with Gasteiger partial charge in [-0.15, -0.1) is 0 Å². The van der Waals surface area contributed by atoms with Crippen molar-refractivity contribution in [1.82, 2.24) is 4.90 Å². The van der Waals surface area contributed by atoms with E-state index < -0.39 is 0 Å². The molecule has 0 radical (unpaired) electrons. The molecule has 1 aromatic carbocycles. The molecular formula is C14H20IN. The molecule has 0 aliphatic carbocycles. The van der Waals surface area contributed by atoms with Crippen molar-refractivity contribution in [2.45, 2.75) is 45.7 Å². The Balaban J connectivity index is 2.10. The van der Waals surface area contributed by atoms with E-state index in [4.69, 9.17) is 0 Å². The van der Waals surface area contributed by atoms with E-state index in [-0.39, 0.29) is 0 Å². The van der Waals surface area contributed by atoms with Crippen molar-refractivity contribution < 1.29 is 0 Å². The molecule has 1 fully saturated rings. The summed E-state index contributed by atoms with van der Waals surface area (Å²) in [6, 6.07) is 7.41. The van der Waals surface area contributed by atoms with Crippen LogP contribution in [-0.4, -0.2) is 17.5 Å². The average molecular weight is 329 g/mol. The predicted molar refractivity (Wildman–Crippen MR) is 77.6 cm³/mol. The number of nitrogens with zero attached hydrogens (tertiary/aromatic N) is 1. The summed E-state index contributed by atoms with van der Waals surface area (Å²) in [6.45, 7) is 6.96. The molecule has 0 saturated carbocycles. The van der Waals surface area contributed by atoms with Crippen LogP contribution in [0.25, 0.3) is 0 Å². The molecule has 0 aromatic heterocycles. The van der Waals surface area contributed by atoms with Crippen LogP contribution in [0.15, 0.2) is 18.2 Å². The maximum atomic E-state index is 2.63. The number of benzene rings is 1. The summed E-state index contributed by atoms with van der Waals surface area (Å²) in [5, 5.41) is 0. The Bertz CT molecular complexity index is 362. The van der Waals surface area contributed by atoms with Crippen LogP contribution >= 0.6 is 22.6 Å². The molecule has 0 N–H and O–H groups in total. The second-order valence-electron chi connectivity index (χ2n) is 4.86. The Morgan fingerprint density at radius 1 is 1.38 bits per heavy atom. The van der Waals surface area contributed by atoms with Crippen molar-refractivity contribution in [3.8, 4) is 0 Å². The van der Waals surface area contributed by atoms with Crippen LogP contribution in [0.4, 0.5) is 0 Å². The number of hydrogen-bond donors (Lipinski definition) is 0. The van der Waals surface area contributed by atoms with Gasteiger partial charge < -0.3 is 0 Å². The summed E-state index contributed by atoms with van der Waals surface area (Å²) in [4.78, 5) is 2.63. The molecule has 2 heteroatoms. The Morgan fingerprint density at radius 2 is 2.19 bits per heavy atom. The summed E-state index contributed by atoms with van der Waals surface area (Å²) in [6.07, 6.45) is 4.14. The van der Waals surface area contributed by atoms with Gasteiger partial charge in [-0.3, -0.25) is 4.90 Å². The van der Waals surface area contributed by atoms with Gasteiger partial charge in [-0.25, -0.2) is 0 Å². The minimum absolute atomic E-state index is 0.755. The first-order valence-electron chi connectivity index (χ1n) is 6.16. The first kappa shape index (κ1) is 12.4. The molecule has 1 aliphatic heterocycles. The normalized spacial score (nSPS) is 22.3. The van der Waals surface area contributed by atoms with Gasteiger partial charge >= 0.3 is 0 Å². The molecule has 0 amide bonds.